The number of ether oxygens (including phenoxy) is 1. The van der Waals surface area contributed by atoms with E-state index in [1.54, 1.807) is 6.07 Å². The highest BCUT2D eigenvalue weighted by Crippen LogP contribution is 2.25. The van der Waals surface area contributed by atoms with Crippen molar-refractivity contribution in [2.24, 2.45) is 0 Å². The molecule has 0 aromatic heterocycles. The zero-order valence-electron chi connectivity index (χ0n) is 13.5. The third-order valence-corrected chi connectivity index (χ3v) is 4.54. The first kappa shape index (κ1) is 17.9. The van der Waals surface area contributed by atoms with Crippen molar-refractivity contribution in [2.45, 2.75) is 57.8 Å². The highest BCUT2D eigenvalue weighted by Gasteiger charge is 2.07. The van der Waals surface area contributed by atoms with Gasteiger partial charge in [-0.25, -0.2) is 0 Å². The van der Waals surface area contributed by atoms with Gasteiger partial charge < -0.3 is 9.84 Å². The Morgan fingerprint density at radius 2 is 1.96 bits per heavy atom. The fourth-order valence-electron chi connectivity index (χ4n) is 2.80. The molecule has 2 rings (SSSR count). The van der Waals surface area contributed by atoms with Crippen LogP contribution in [0, 0.1) is 0 Å². The van der Waals surface area contributed by atoms with Gasteiger partial charge in [0.15, 0.2) is 0 Å². The fraction of sp³-hybridized carbons (Fsp3) is 0.526. The Morgan fingerprint density at radius 1 is 1.17 bits per heavy atom. The molecule has 0 unspecified atom stereocenters. The van der Waals surface area contributed by atoms with Crippen molar-refractivity contribution in [3.8, 4) is 5.75 Å². The number of hydrogen-bond acceptors (Lipinski definition) is 2. The summed E-state index contributed by atoms with van der Waals surface area (Å²) in [4.78, 5) is 10.6. The normalized spacial score (nSPS) is 18.2. The fourth-order valence-corrected chi connectivity index (χ4v) is 3.07. The van der Waals surface area contributed by atoms with Crippen LogP contribution in [0.1, 0.15) is 56.9 Å². The van der Waals surface area contributed by atoms with Gasteiger partial charge in [-0.05, 0) is 55.4 Å². The molecule has 0 heterocycles. The number of aliphatic carboxylic acids is 1. The van der Waals surface area contributed by atoms with Gasteiger partial charge in [0.25, 0.3) is 0 Å². The van der Waals surface area contributed by atoms with Crippen LogP contribution in [0.5, 0.6) is 5.75 Å². The largest absolute Gasteiger partial charge is 0.489 e. The summed E-state index contributed by atoms with van der Waals surface area (Å²) in [5, 5.41) is 9.31. The van der Waals surface area contributed by atoms with Gasteiger partial charge in [-0.3, -0.25) is 4.79 Å². The number of carbonyl (C=O) groups is 1. The summed E-state index contributed by atoms with van der Waals surface area (Å²) in [6.45, 7) is 0.616. The molecule has 126 valence electrons. The summed E-state index contributed by atoms with van der Waals surface area (Å²) >= 11 is 6.22. The molecule has 0 bridgehead atoms. The average molecular weight is 337 g/mol. The molecule has 0 aliphatic heterocycles. The van der Waals surface area contributed by atoms with Gasteiger partial charge in [0.05, 0.1) is 0 Å². The molecule has 0 amide bonds. The molecule has 4 heteroatoms. The quantitative estimate of drug-likeness (QED) is 0.707. The lowest BCUT2D eigenvalue weighted by Crippen LogP contribution is -2.02. The van der Waals surface area contributed by atoms with Crippen LogP contribution in [0.4, 0.5) is 0 Å². The molecule has 23 heavy (non-hydrogen) atoms. The number of hydrogen-bond donors (Lipinski definition) is 1. The van der Waals surface area contributed by atoms with E-state index >= 15 is 0 Å². The van der Waals surface area contributed by atoms with Crippen molar-refractivity contribution in [3.05, 3.63) is 40.4 Å². The van der Waals surface area contributed by atoms with Gasteiger partial charge in [0.1, 0.15) is 12.4 Å². The van der Waals surface area contributed by atoms with Crippen LogP contribution in [0.15, 0.2) is 29.8 Å². The van der Waals surface area contributed by atoms with Crippen molar-refractivity contribution < 1.29 is 14.6 Å². The van der Waals surface area contributed by atoms with Gasteiger partial charge in [0, 0.05) is 11.4 Å². The second-order valence-electron chi connectivity index (χ2n) is 6.10. The third-order valence-electron chi connectivity index (χ3n) is 4.19. The lowest BCUT2D eigenvalue weighted by atomic mass is 10.1. The van der Waals surface area contributed by atoms with E-state index in [4.69, 9.17) is 21.4 Å². The van der Waals surface area contributed by atoms with Crippen molar-refractivity contribution >= 4 is 17.6 Å². The van der Waals surface area contributed by atoms with Crippen molar-refractivity contribution in [3.63, 3.8) is 0 Å². The molecule has 0 saturated carbocycles. The van der Waals surface area contributed by atoms with Crippen LogP contribution < -0.4 is 4.74 Å². The van der Waals surface area contributed by atoms with Crippen LogP contribution in [0.2, 0.25) is 5.02 Å². The number of aryl methyl sites for hydroxylation is 1. The molecule has 1 aliphatic rings. The van der Waals surface area contributed by atoms with Crippen LogP contribution in [0.3, 0.4) is 0 Å². The second kappa shape index (κ2) is 9.61. The predicted molar refractivity (Wildman–Crippen MR) is 93.3 cm³/mol. The lowest BCUT2D eigenvalue weighted by molar-refractivity contribution is -0.136. The van der Waals surface area contributed by atoms with Crippen LogP contribution in [-0.4, -0.2) is 17.7 Å². The first-order valence-electron chi connectivity index (χ1n) is 8.46. The molecule has 3 nitrogen and oxygen atoms in total. The van der Waals surface area contributed by atoms with E-state index in [2.05, 4.69) is 6.08 Å². The minimum Gasteiger partial charge on any atom is -0.489 e. The Morgan fingerprint density at radius 3 is 2.74 bits per heavy atom. The summed E-state index contributed by atoms with van der Waals surface area (Å²) in [6.07, 6.45) is 11.6. The highest BCUT2D eigenvalue weighted by atomic mass is 35.5. The van der Waals surface area contributed by atoms with Crippen LogP contribution in [0.25, 0.3) is 0 Å². The highest BCUT2D eigenvalue weighted by molar-refractivity contribution is 6.31. The Balaban J connectivity index is 1.89. The summed E-state index contributed by atoms with van der Waals surface area (Å²) in [5.74, 6) is -0.0663. The summed E-state index contributed by atoms with van der Waals surface area (Å²) in [7, 11) is 0. The van der Waals surface area contributed by atoms with E-state index in [9.17, 15) is 4.79 Å². The Kier molecular flexibility index (Phi) is 7.47. The molecule has 0 radical (unpaired) electrons. The van der Waals surface area contributed by atoms with E-state index < -0.39 is 5.97 Å². The first-order chi connectivity index (χ1) is 11.1. The summed E-state index contributed by atoms with van der Waals surface area (Å²) in [5.41, 5.74) is 2.22. The smallest absolute Gasteiger partial charge is 0.303 e. The standard InChI is InChI=1S/C19H25ClO3/c20-18-13-17(11-9-16(18)10-12-19(21)22)23-14-15-7-5-3-1-2-4-6-8-15/h7,9,11,13H,1-6,8,10,12,14H2,(H,21,22)/b15-7+. The van der Waals surface area contributed by atoms with Gasteiger partial charge in [-0.15, -0.1) is 0 Å². The topological polar surface area (TPSA) is 46.5 Å². The van der Waals surface area contributed by atoms with Crippen LogP contribution >= 0.6 is 11.6 Å². The van der Waals surface area contributed by atoms with Crippen LogP contribution in [-0.2, 0) is 11.2 Å². The van der Waals surface area contributed by atoms with E-state index in [1.165, 1.54) is 37.7 Å². The summed E-state index contributed by atoms with van der Waals surface area (Å²) in [6, 6.07) is 5.52. The number of benzene rings is 1. The van der Waals surface area contributed by atoms with Gasteiger partial charge >= 0.3 is 5.97 Å². The first-order valence-corrected chi connectivity index (χ1v) is 8.84. The molecule has 1 N–H and O–H groups in total. The number of carboxylic acids is 1. The monoisotopic (exact) mass is 336 g/mol. The second-order valence-corrected chi connectivity index (χ2v) is 6.51. The molecule has 0 spiro atoms. The molecule has 0 atom stereocenters. The zero-order valence-corrected chi connectivity index (χ0v) is 14.3. The molecule has 1 aromatic rings. The van der Waals surface area contributed by atoms with Crippen molar-refractivity contribution in [1.82, 2.24) is 0 Å². The minimum atomic E-state index is -0.812. The van der Waals surface area contributed by atoms with Crippen molar-refractivity contribution in [2.75, 3.05) is 6.61 Å². The average Bonchev–Trinajstić information content (AvgIpc) is 2.65. The van der Waals surface area contributed by atoms with Gasteiger partial charge in [0.2, 0.25) is 0 Å². The lowest BCUT2D eigenvalue weighted by Gasteiger charge is -2.11. The number of allylic oxidation sites excluding steroid dienone is 1. The maximum Gasteiger partial charge on any atom is 0.303 e. The maximum atomic E-state index is 10.6. The SMILES string of the molecule is O=C(O)CCc1ccc(OC/C2=C/CCCCCCC2)cc1Cl. The van der Waals surface area contributed by atoms with E-state index in [0.29, 0.717) is 18.1 Å². The predicted octanol–water partition coefficient (Wildman–Crippen LogP) is 5.41. The summed E-state index contributed by atoms with van der Waals surface area (Å²) < 4.78 is 5.88. The van der Waals surface area contributed by atoms with E-state index in [0.717, 1.165) is 24.2 Å². The number of halogens is 1. The number of rotatable bonds is 6. The van der Waals surface area contributed by atoms with E-state index in [-0.39, 0.29) is 6.42 Å². The minimum absolute atomic E-state index is 0.0901. The van der Waals surface area contributed by atoms with E-state index in [1.807, 2.05) is 12.1 Å². The molecule has 0 saturated heterocycles. The van der Waals surface area contributed by atoms with Gasteiger partial charge in [-0.1, -0.05) is 43.0 Å². The molecular weight excluding hydrogens is 312 g/mol. The molecule has 1 aromatic carbocycles. The maximum absolute atomic E-state index is 10.6. The Bertz CT molecular complexity index is 552. The molecular formula is C19H25ClO3. The third kappa shape index (κ3) is 6.66. The molecule has 0 fully saturated rings. The molecule has 1 aliphatic carbocycles. The Hall–Kier alpha value is -1.48. The van der Waals surface area contributed by atoms with Gasteiger partial charge in [-0.2, -0.15) is 0 Å². The Labute approximate surface area is 143 Å². The zero-order chi connectivity index (χ0) is 16.5. The van der Waals surface area contributed by atoms with Crippen molar-refractivity contribution in [1.29, 1.82) is 0 Å². The number of carboxylic acid groups (broad SMARTS) is 1.